The van der Waals surface area contributed by atoms with Crippen molar-refractivity contribution in [3.63, 3.8) is 0 Å². The molecule has 0 spiro atoms. The van der Waals surface area contributed by atoms with E-state index in [-0.39, 0.29) is 0 Å². The fourth-order valence-corrected chi connectivity index (χ4v) is 1.74. The summed E-state index contributed by atoms with van der Waals surface area (Å²) in [7, 11) is 0. The molecule has 0 aliphatic heterocycles. The standard InChI is InChI=1S/C10H14.C5H5.Ru/c1-8(2)10-6-4-9(3)5-7-10;1-2-4-5-3-1;/h4-8H,1-3H3;1-3H,4H2;. The first-order valence-electron chi connectivity index (χ1n) is 5.66. The van der Waals surface area contributed by atoms with Crippen LogP contribution in [0.2, 0.25) is 0 Å². The maximum absolute atomic E-state index is 2.59. The third-order valence-corrected chi connectivity index (χ3v) is 3.11. The Morgan fingerprint density at radius 2 is 1.75 bits per heavy atom. The summed E-state index contributed by atoms with van der Waals surface area (Å²) in [6, 6.07) is 8.71. The van der Waals surface area contributed by atoms with Crippen LogP contribution < -0.4 is 0 Å². The second kappa shape index (κ2) is 6.81. The minimum absolute atomic E-state index is 0.653. The molecule has 1 aliphatic rings. The van der Waals surface area contributed by atoms with E-state index in [2.05, 4.69) is 81.6 Å². The van der Waals surface area contributed by atoms with Gasteiger partial charge in [0, 0.05) is 0 Å². The molecule has 0 saturated heterocycles. The molecule has 1 aromatic rings. The maximum atomic E-state index is 2.59. The summed E-state index contributed by atoms with van der Waals surface area (Å²) in [5, 5.41) is 0. The van der Waals surface area contributed by atoms with Crippen LogP contribution in [0.15, 0.2) is 46.7 Å². The van der Waals surface area contributed by atoms with Gasteiger partial charge in [-0.15, -0.1) is 0 Å². The van der Waals surface area contributed by atoms with Gasteiger partial charge in [-0.3, -0.25) is 0 Å². The molecule has 1 aromatic carbocycles. The molecule has 87 valence electrons. The predicted molar refractivity (Wildman–Crippen MR) is 67.1 cm³/mol. The van der Waals surface area contributed by atoms with Crippen LogP contribution in [0.1, 0.15) is 37.3 Å². The SMILES string of the molecule is Cc1ccc(C(C)C)cc1.[Ru][C]1=CC=CC1. The van der Waals surface area contributed by atoms with Gasteiger partial charge in [-0.05, 0) is 18.4 Å². The van der Waals surface area contributed by atoms with Gasteiger partial charge in [-0.2, -0.15) is 0 Å². The Balaban J connectivity index is 0.000000181. The molecule has 0 nitrogen and oxygen atoms in total. The first-order valence-corrected chi connectivity index (χ1v) is 6.53. The molecule has 16 heavy (non-hydrogen) atoms. The number of hydrogen-bond acceptors (Lipinski definition) is 0. The average molecular weight is 300 g/mol. The van der Waals surface area contributed by atoms with Crippen LogP contribution in [0.3, 0.4) is 0 Å². The molecule has 0 fully saturated rings. The number of allylic oxidation sites excluding steroid dienone is 4. The van der Waals surface area contributed by atoms with Crippen LogP contribution in [0.25, 0.3) is 0 Å². The molecular weight excluding hydrogens is 281 g/mol. The van der Waals surface area contributed by atoms with Crippen LogP contribution in [0, 0.1) is 6.92 Å². The van der Waals surface area contributed by atoms with Gasteiger partial charge in [0.2, 0.25) is 0 Å². The van der Waals surface area contributed by atoms with Gasteiger partial charge in [-0.1, -0.05) is 43.7 Å². The van der Waals surface area contributed by atoms with Crippen LogP contribution in [0.4, 0.5) is 0 Å². The van der Waals surface area contributed by atoms with E-state index in [1.165, 1.54) is 15.3 Å². The fraction of sp³-hybridized carbons (Fsp3) is 0.333. The first kappa shape index (κ1) is 13.4. The van der Waals surface area contributed by atoms with E-state index in [1.807, 2.05) is 0 Å². The van der Waals surface area contributed by atoms with Crippen molar-refractivity contribution in [2.75, 3.05) is 0 Å². The Kier molecular flexibility index (Phi) is 5.70. The Hall–Kier alpha value is -0.677. The third kappa shape index (κ3) is 4.90. The van der Waals surface area contributed by atoms with E-state index in [1.54, 1.807) is 0 Å². The molecule has 0 heterocycles. The summed E-state index contributed by atoms with van der Waals surface area (Å²) >= 11 is 2.59. The van der Waals surface area contributed by atoms with Crippen molar-refractivity contribution in [1.29, 1.82) is 0 Å². The van der Waals surface area contributed by atoms with Crippen LogP contribution in [-0.4, -0.2) is 0 Å². The molecule has 0 amide bonds. The van der Waals surface area contributed by atoms with Crippen LogP contribution in [0.5, 0.6) is 0 Å². The summed E-state index contributed by atoms with van der Waals surface area (Å²) in [5.41, 5.74) is 2.76. The molecule has 0 radical (unpaired) electrons. The van der Waals surface area contributed by atoms with E-state index in [0.717, 1.165) is 6.42 Å². The Labute approximate surface area is 109 Å². The molecule has 1 heteroatoms. The zero-order chi connectivity index (χ0) is 12.0. The number of benzene rings is 1. The summed E-state index contributed by atoms with van der Waals surface area (Å²) in [4.78, 5) is 0. The molecular formula is C15H19Ru. The van der Waals surface area contributed by atoms with Crippen molar-refractivity contribution in [3.8, 4) is 0 Å². The van der Waals surface area contributed by atoms with E-state index >= 15 is 0 Å². The molecule has 0 N–H and O–H groups in total. The third-order valence-electron chi connectivity index (χ3n) is 2.46. The zero-order valence-corrected chi connectivity index (χ0v) is 11.9. The van der Waals surface area contributed by atoms with Gasteiger partial charge in [0.15, 0.2) is 0 Å². The molecule has 0 atom stereocenters. The summed E-state index contributed by atoms with van der Waals surface area (Å²) < 4.78 is 1.40. The molecule has 1 aliphatic carbocycles. The molecule has 2 rings (SSSR count). The van der Waals surface area contributed by atoms with E-state index < -0.39 is 0 Å². The first-order chi connectivity index (χ1) is 7.59. The Bertz CT molecular complexity index is 369. The molecule has 0 unspecified atom stereocenters. The van der Waals surface area contributed by atoms with Gasteiger partial charge in [-0.25, -0.2) is 0 Å². The van der Waals surface area contributed by atoms with Gasteiger partial charge >= 0.3 is 47.1 Å². The van der Waals surface area contributed by atoms with Crippen molar-refractivity contribution in [2.45, 2.75) is 33.1 Å². The normalized spacial score (nSPS) is 13.4. The van der Waals surface area contributed by atoms with Gasteiger partial charge in [0.05, 0.1) is 0 Å². The topological polar surface area (TPSA) is 0 Å². The molecule has 0 saturated carbocycles. The predicted octanol–water partition coefficient (Wildman–Crippen LogP) is 4.50. The van der Waals surface area contributed by atoms with E-state index in [0.29, 0.717) is 5.92 Å². The molecule has 0 aromatic heterocycles. The summed E-state index contributed by atoms with van der Waals surface area (Å²) in [6.45, 7) is 6.54. The van der Waals surface area contributed by atoms with Crippen molar-refractivity contribution >= 4 is 0 Å². The number of rotatable bonds is 1. The van der Waals surface area contributed by atoms with E-state index in [9.17, 15) is 0 Å². The van der Waals surface area contributed by atoms with Crippen LogP contribution >= 0.6 is 0 Å². The van der Waals surface area contributed by atoms with Crippen molar-refractivity contribution < 1.29 is 18.3 Å². The van der Waals surface area contributed by atoms with E-state index in [4.69, 9.17) is 0 Å². The van der Waals surface area contributed by atoms with Gasteiger partial charge in [0.1, 0.15) is 0 Å². The summed E-state index contributed by atoms with van der Waals surface area (Å²) in [6.07, 6.45) is 7.46. The molecule has 0 bridgehead atoms. The van der Waals surface area contributed by atoms with Crippen molar-refractivity contribution in [3.05, 3.63) is 57.8 Å². The Morgan fingerprint density at radius 3 is 2.06 bits per heavy atom. The van der Waals surface area contributed by atoms with Gasteiger partial charge < -0.3 is 0 Å². The zero-order valence-electron chi connectivity index (χ0n) is 10.2. The Morgan fingerprint density at radius 1 is 1.12 bits per heavy atom. The minimum atomic E-state index is 0.653. The number of aryl methyl sites for hydroxylation is 1. The second-order valence-electron chi connectivity index (χ2n) is 4.30. The quantitative estimate of drug-likeness (QED) is 0.670. The van der Waals surface area contributed by atoms with Crippen LogP contribution in [-0.2, 0) is 18.3 Å². The number of hydrogen-bond donors (Lipinski definition) is 0. The average Bonchev–Trinajstić information content (AvgIpc) is 2.71. The van der Waals surface area contributed by atoms with Gasteiger partial charge in [0.25, 0.3) is 0 Å². The second-order valence-corrected chi connectivity index (χ2v) is 5.41. The summed E-state index contributed by atoms with van der Waals surface area (Å²) in [5.74, 6) is 0.653. The van der Waals surface area contributed by atoms with Crippen molar-refractivity contribution in [1.82, 2.24) is 0 Å². The van der Waals surface area contributed by atoms with Crippen molar-refractivity contribution in [2.24, 2.45) is 0 Å². The fourth-order valence-electron chi connectivity index (χ4n) is 1.37. The monoisotopic (exact) mass is 301 g/mol.